The summed E-state index contributed by atoms with van der Waals surface area (Å²) in [6.07, 6.45) is 5.64. The molecule has 1 fully saturated rings. The van der Waals surface area contributed by atoms with Crippen LogP contribution in [0.5, 0.6) is 0 Å². The van der Waals surface area contributed by atoms with E-state index in [0.29, 0.717) is 5.92 Å². The van der Waals surface area contributed by atoms with Crippen LogP contribution in [0.4, 0.5) is 0 Å². The molecule has 0 bridgehead atoms. The normalized spacial score (nSPS) is 20.7. The van der Waals surface area contributed by atoms with Crippen LogP contribution in [-0.2, 0) is 0 Å². The Morgan fingerprint density at radius 2 is 1.78 bits per heavy atom. The summed E-state index contributed by atoms with van der Waals surface area (Å²) in [5.74, 6) is 0.385. The van der Waals surface area contributed by atoms with E-state index in [4.69, 9.17) is 5.73 Å². The van der Waals surface area contributed by atoms with E-state index >= 15 is 0 Å². The summed E-state index contributed by atoms with van der Waals surface area (Å²) < 4.78 is 0. The van der Waals surface area contributed by atoms with Gasteiger partial charge in [-0.25, -0.2) is 0 Å². The molecule has 2 atom stereocenters. The molecular formula is C16H25NO. The molecule has 1 aliphatic carbocycles. The predicted octanol–water partition coefficient (Wildman–Crippen LogP) is 3.24. The van der Waals surface area contributed by atoms with Crippen molar-refractivity contribution < 1.29 is 5.11 Å². The second-order valence-corrected chi connectivity index (χ2v) is 5.76. The van der Waals surface area contributed by atoms with Crippen molar-refractivity contribution in [2.24, 2.45) is 11.7 Å². The molecule has 1 aromatic rings. The van der Waals surface area contributed by atoms with Crippen molar-refractivity contribution >= 4 is 0 Å². The van der Waals surface area contributed by atoms with Crippen LogP contribution in [-0.4, -0.2) is 11.2 Å². The molecule has 2 nitrogen and oxygen atoms in total. The lowest BCUT2D eigenvalue weighted by Crippen LogP contribution is -2.34. The van der Waals surface area contributed by atoms with E-state index in [2.05, 4.69) is 32.0 Å². The zero-order valence-corrected chi connectivity index (χ0v) is 11.5. The first-order valence-corrected chi connectivity index (χ1v) is 7.10. The summed E-state index contributed by atoms with van der Waals surface area (Å²) >= 11 is 0. The van der Waals surface area contributed by atoms with Crippen LogP contribution in [0.1, 0.15) is 54.8 Å². The van der Waals surface area contributed by atoms with Crippen LogP contribution in [0.2, 0.25) is 0 Å². The van der Waals surface area contributed by atoms with Crippen molar-refractivity contribution in [3.05, 3.63) is 34.9 Å². The Morgan fingerprint density at radius 1 is 1.11 bits per heavy atom. The fourth-order valence-corrected chi connectivity index (χ4v) is 2.94. The van der Waals surface area contributed by atoms with Crippen LogP contribution in [0, 0.1) is 19.8 Å². The lowest BCUT2D eigenvalue weighted by atomic mass is 9.81. The van der Waals surface area contributed by atoms with Crippen LogP contribution in [0.25, 0.3) is 0 Å². The largest absolute Gasteiger partial charge is 0.391 e. The number of aryl methyl sites for hydroxylation is 2. The van der Waals surface area contributed by atoms with E-state index < -0.39 is 6.10 Å². The van der Waals surface area contributed by atoms with Crippen molar-refractivity contribution in [1.82, 2.24) is 0 Å². The quantitative estimate of drug-likeness (QED) is 0.861. The van der Waals surface area contributed by atoms with Gasteiger partial charge < -0.3 is 10.8 Å². The van der Waals surface area contributed by atoms with Crippen molar-refractivity contribution in [2.75, 3.05) is 0 Å². The molecule has 18 heavy (non-hydrogen) atoms. The first kappa shape index (κ1) is 13.6. The SMILES string of the molecule is Cc1ccc([C@@H](N)[C@@H](O)C2CCCCC2)cc1C. The fraction of sp³-hybridized carbons (Fsp3) is 0.625. The van der Waals surface area contributed by atoms with E-state index in [1.807, 2.05) is 0 Å². The fourth-order valence-electron chi connectivity index (χ4n) is 2.94. The topological polar surface area (TPSA) is 46.2 Å². The van der Waals surface area contributed by atoms with Gasteiger partial charge in [-0.15, -0.1) is 0 Å². The van der Waals surface area contributed by atoms with Crippen LogP contribution in [0.3, 0.4) is 0 Å². The number of aliphatic hydroxyl groups excluding tert-OH is 1. The molecule has 1 aliphatic rings. The van der Waals surface area contributed by atoms with Crippen LogP contribution < -0.4 is 5.73 Å². The standard InChI is InChI=1S/C16H25NO/c1-11-8-9-14(10-12(11)2)15(17)16(18)13-6-4-3-5-7-13/h8-10,13,15-16,18H,3-7,17H2,1-2H3/t15-,16+/m1/s1. The third-order valence-electron chi connectivity index (χ3n) is 4.42. The highest BCUT2D eigenvalue weighted by molar-refractivity contribution is 5.32. The maximum atomic E-state index is 10.4. The van der Waals surface area contributed by atoms with Gasteiger partial charge >= 0.3 is 0 Å². The molecule has 0 aliphatic heterocycles. The molecular weight excluding hydrogens is 222 g/mol. The van der Waals surface area contributed by atoms with Gasteiger partial charge in [0.2, 0.25) is 0 Å². The summed E-state index contributed by atoms with van der Waals surface area (Å²) in [6, 6.07) is 6.02. The van der Waals surface area contributed by atoms with Gasteiger partial charge in [-0.3, -0.25) is 0 Å². The molecule has 0 unspecified atom stereocenters. The molecule has 1 saturated carbocycles. The summed E-state index contributed by atoms with van der Waals surface area (Å²) in [4.78, 5) is 0. The summed E-state index contributed by atoms with van der Waals surface area (Å²) in [7, 11) is 0. The summed E-state index contributed by atoms with van der Waals surface area (Å²) in [5.41, 5.74) is 9.83. The molecule has 0 amide bonds. The second kappa shape index (κ2) is 5.85. The van der Waals surface area contributed by atoms with Crippen LogP contribution >= 0.6 is 0 Å². The molecule has 0 saturated heterocycles. The maximum absolute atomic E-state index is 10.4. The Morgan fingerprint density at radius 3 is 2.39 bits per heavy atom. The van der Waals surface area contributed by atoms with E-state index in [1.54, 1.807) is 0 Å². The molecule has 0 radical (unpaired) electrons. The predicted molar refractivity (Wildman–Crippen MR) is 75.4 cm³/mol. The number of benzene rings is 1. The van der Waals surface area contributed by atoms with Gasteiger partial charge in [0, 0.05) is 0 Å². The lowest BCUT2D eigenvalue weighted by Gasteiger charge is -2.30. The van der Waals surface area contributed by atoms with Crippen molar-refractivity contribution in [3.8, 4) is 0 Å². The number of nitrogens with two attached hydrogens (primary N) is 1. The van der Waals surface area contributed by atoms with Gasteiger partial charge in [0.05, 0.1) is 12.1 Å². The molecule has 0 spiro atoms. The first-order valence-electron chi connectivity index (χ1n) is 7.10. The average molecular weight is 247 g/mol. The van der Waals surface area contributed by atoms with Crippen LogP contribution in [0.15, 0.2) is 18.2 Å². The minimum atomic E-state index is -0.396. The van der Waals surface area contributed by atoms with E-state index in [9.17, 15) is 5.11 Å². The van der Waals surface area contributed by atoms with Gasteiger partial charge in [-0.1, -0.05) is 37.5 Å². The molecule has 0 aromatic heterocycles. The monoisotopic (exact) mass is 247 g/mol. The van der Waals surface area contributed by atoms with E-state index in [0.717, 1.165) is 18.4 Å². The summed E-state index contributed by atoms with van der Waals surface area (Å²) in [5, 5.41) is 10.4. The molecule has 100 valence electrons. The van der Waals surface area contributed by atoms with Crippen molar-refractivity contribution in [1.29, 1.82) is 0 Å². The zero-order valence-electron chi connectivity index (χ0n) is 11.5. The number of hydrogen-bond donors (Lipinski definition) is 2. The Kier molecular flexibility index (Phi) is 4.41. The minimum absolute atomic E-state index is 0.243. The number of aliphatic hydroxyl groups is 1. The number of hydrogen-bond acceptors (Lipinski definition) is 2. The molecule has 2 rings (SSSR count). The highest BCUT2D eigenvalue weighted by Gasteiger charge is 2.27. The average Bonchev–Trinajstić information content (AvgIpc) is 2.41. The second-order valence-electron chi connectivity index (χ2n) is 5.76. The maximum Gasteiger partial charge on any atom is 0.0760 e. The molecule has 0 heterocycles. The van der Waals surface area contributed by atoms with Crippen molar-refractivity contribution in [3.63, 3.8) is 0 Å². The van der Waals surface area contributed by atoms with E-state index in [-0.39, 0.29) is 6.04 Å². The third kappa shape index (κ3) is 2.93. The smallest absolute Gasteiger partial charge is 0.0760 e. The lowest BCUT2D eigenvalue weighted by molar-refractivity contribution is 0.0618. The van der Waals surface area contributed by atoms with Crippen molar-refractivity contribution in [2.45, 2.75) is 58.1 Å². The Hall–Kier alpha value is -0.860. The number of rotatable bonds is 3. The highest BCUT2D eigenvalue weighted by atomic mass is 16.3. The van der Waals surface area contributed by atoms with E-state index in [1.165, 1.54) is 30.4 Å². The van der Waals surface area contributed by atoms with Gasteiger partial charge in [0.25, 0.3) is 0 Å². The highest BCUT2D eigenvalue weighted by Crippen LogP contribution is 2.31. The third-order valence-corrected chi connectivity index (χ3v) is 4.42. The molecule has 2 heteroatoms. The Bertz CT molecular complexity index is 396. The Balaban J connectivity index is 2.09. The summed E-state index contributed by atoms with van der Waals surface area (Å²) in [6.45, 7) is 4.20. The molecule has 3 N–H and O–H groups in total. The van der Waals surface area contributed by atoms with Gasteiger partial charge in [-0.05, 0) is 49.3 Å². The van der Waals surface area contributed by atoms with Gasteiger partial charge in [-0.2, -0.15) is 0 Å². The first-order chi connectivity index (χ1) is 8.59. The Labute approximate surface area is 110 Å². The van der Waals surface area contributed by atoms with Gasteiger partial charge in [0.1, 0.15) is 0 Å². The van der Waals surface area contributed by atoms with Gasteiger partial charge in [0.15, 0.2) is 0 Å². The minimum Gasteiger partial charge on any atom is -0.391 e. The molecule has 1 aromatic carbocycles. The zero-order chi connectivity index (χ0) is 13.1.